The zero-order valence-electron chi connectivity index (χ0n) is 46.5. The largest absolute Gasteiger partial charge is 0.436 e. The first kappa shape index (κ1) is 55.5. The van der Waals surface area contributed by atoms with Gasteiger partial charge in [0.1, 0.15) is 18.3 Å². The van der Waals surface area contributed by atoms with Crippen molar-refractivity contribution in [2.45, 2.75) is 87.3 Å². The van der Waals surface area contributed by atoms with E-state index >= 15 is 0 Å². The van der Waals surface area contributed by atoms with Crippen molar-refractivity contribution in [3.63, 3.8) is 0 Å². The summed E-state index contributed by atoms with van der Waals surface area (Å²) in [4.78, 5) is 86.6. The second-order valence-electron chi connectivity index (χ2n) is 22.3. The lowest BCUT2D eigenvalue weighted by atomic mass is 9.87. The Balaban J connectivity index is 0.836. The van der Waals surface area contributed by atoms with Gasteiger partial charge in [-0.1, -0.05) is 90.8 Å². The number of carbonyl (C=O) groups excluding carboxylic acids is 4. The van der Waals surface area contributed by atoms with Crippen LogP contribution in [0.1, 0.15) is 80.4 Å². The van der Waals surface area contributed by atoms with Gasteiger partial charge in [0.05, 0.1) is 43.4 Å². The van der Waals surface area contributed by atoms with Gasteiger partial charge >= 0.3 is 6.09 Å². The minimum absolute atomic E-state index is 0.0264. The number of aromatic nitrogens is 4. The third-order valence-corrected chi connectivity index (χ3v) is 16.7. The van der Waals surface area contributed by atoms with E-state index in [1.54, 1.807) is 17.8 Å². The van der Waals surface area contributed by atoms with Gasteiger partial charge in [0.2, 0.25) is 23.7 Å². The number of benzene rings is 4. The van der Waals surface area contributed by atoms with Crippen LogP contribution >= 0.6 is 0 Å². The molecule has 3 fully saturated rings. The van der Waals surface area contributed by atoms with Crippen LogP contribution in [0, 0.1) is 12.3 Å². The molecule has 11 rings (SSSR count). The van der Waals surface area contributed by atoms with Crippen LogP contribution < -0.4 is 32.1 Å². The number of nitrogens with one attached hydrogen (secondary N) is 4. The molecule has 3 aromatic heterocycles. The molecule has 4 aliphatic rings. The predicted molar refractivity (Wildman–Crippen MR) is 312 cm³/mol. The third-order valence-electron chi connectivity index (χ3n) is 16.7. The van der Waals surface area contributed by atoms with Crippen LogP contribution in [0.2, 0.25) is 0 Å². The first-order valence-corrected chi connectivity index (χ1v) is 28.1. The average molecular weight is 1110 g/mol. The molecule has 19 heteroatoms. The number of nitrogens with two attached hydrogens (primary N) is 1. The minimum Gasteiger partial charge on any atom is -0.436 e. The summed E-state index contributed by atoms with van der Waals surface area (Å²) in [5.74, 6) is 1.09. The van der Waals surface area contributed by atoms with Crippen molar-refractivity contribution in [3.05, 3.63) is 148 Å². The molecule has 5 heterocycles. The topological polar surface area (TPSA) is 231 Å². The molecule has 1 saturated carbocycles. The summed E-state index contributed by atoms with van der Waals surface area (Å²) in [6.45, 7) is 5.43. The van der Waals surface area contributed by atoms with Crippen LogP contribution in [0.5, 0.6) is 0 Å². The van der Waals surface area contributed by atoms with Crippen molar-refractivity contribution in [2.75, 3.05) is 64.6 Å². The number of aromatic amines is 1. The molecule has 0 radical (unpaired) electrons. The molecule has 2 aliphatic heterocycles. The zero-order chi connectivity index (χ0) is 57.1. The molecule has 4 aromatic carbocycles. The van der Waals surface area contributed by atoms with Crippen molar-refractivity contribution in [1.82, 2.24) is 45.3 Å². The van der Waals surface area contributed by atoms with Gasteiger partial charge in [-0.15, -0.1) is 6.42 Å². The Morgan fingerprint density at radius 2 is 1.57 bits per heavy atom. The fraction of sp³-hybridized carbons (Fsp3) is 0.381. The summed E-state index contributed by atoms with van der Waals surface area (Å²) < 4.78 is 21.3. The Bertz CT molecular complexity index is 3590. The molecule has 424 valence electrons. The molecular formula is C63H69N11O8. The molecule has 0 unspecified atom stereocenters. The van der Waals surface area contributed by atoms with Gasteiger partial charge in [0.25, 0.3) is 5.56 Å². The van der Waals surface area contributed by atoms with Crippen LogP contribution in [0.15, 0.2) is 120 Å². The number of terminal acetylenes is 1. The number of piperidine rings is 2. The number of nitrogens with zero attached hydrogens (tertiary/aromatic N) is 6. The number of primary amides is 1. The van der Waals surface area contributed by atoms with E-state index in [9.17, 15) is 24.0 Å². The van der Waals surface area contributed by atoms with Crippen molar-refractivity contribution < 1.29 is 33.4 Å². The lowest BCUT2D eigenvalue weighted by Crippen LogP contribution is -2.55. The number of likely N-dealkylation sites (tertiary alicyclic amines) is 1. The number of hydrogen-bond donors (Lipinski definition) is 5. The Morgan fingerprint density at radius 1 is 0.878 bits per heavy atom. The maximum absolute atomic E-state index is 13.8. The highest BCUT2D eigenvalue weighted by Crippen LogP contribution is 2.46. The third kappa shape index (κ3) is 11.4. The fourth-order valence-electron chi connectivity index (χ4n) is 11.9. The van der Waals surface area contributed by atoms with E-state index in [4.69, 9.17) is 36.3 Å². The van der Waals surface area contributed by atoms with Gasteiger partial charge in [-0.25, -0.2) is 14.8 Å². The summed E-state index contributed by atoms with van der Waals surface area (Å²) in [5.41, 5.74) is 11.8. The fourth-order valence-corrected chi connectivity index (χ4v) is 11.9. The van der Waals surface area contributed by atoms with Crippen LogP contribution in [0.4, 0.5) is 10.7 Å². The molecule has 2 saturated heterocycles. The van der Waals surface area contributed by atoms with E-state index in [1.807, 2.05) is 103 Å². The molecule has 2 atom stereocenters. The van der Waals surface area contributed by atoms with Crippen LogP contribution in [0.3, 0.4) is 0 Å². The van der Waals surface area contributed by atoms with Crippen molar-refractivity contribution in [1.29, 1.82) is 0 Å². The molecular weight excluding hydrogens is 1040 g/mol. The quantitative estimate of drug-likeness (QED) is 0.0324. The number of carbonyl (C=O) groups is 4. The highest BCUT2D eigenvalue weighted by atomic mass is 16.6. The zero-order valence-corrected chi connectivity index (χ0v) is 46.5. The van der Waals surface area contributed by atoms with Gasteiger partial charge in [-0.05, 0) is 85.9 Å². The Labute approximate surface area is 475 Å². The Morgan fingerprint density at radius 3 is 2.26 bits per heavy atom. The summed E-state index contributed by atoms with van der Waals surface area (Å²) in [6, 6.07) is 32.0. The van der Waals surface area contributed by atoms with Crippen LogP contribution in [-0.4, -0.2) is 137 Å². The second-order valence-corrected chi connectivity index (χ2v) is 22.3. The number of hydrogen-bond acceptors (Lipinski definition) is 13. The Hall–Kier alpha value is -8.41. The normalized spacial score (nSPS) is 17.3. The van der Waals surface area contributed by atoms with Crippen molar-refractivity contribution in [3.8, 4) is 34.6 Å². The monoisotopic (exact) mass is 1110 g/mol. The number of fused-ring (bicyclic) bond motifs is 5. The van der Waals surface area contributed by atoms with Crippen LogP contribution in [-0.2, 0) is 41.2 Å². The Kier molecular flexibility index (Phi) is 16.0. The first-order valence-electron chi connectivity index (χ1n) is 28.1. The number of anilines is 1. The molecule has 0 spiro atoms. The molecule has 0 bridgehead atoms. The maximum atomic E-state index is 13.8. The predicted octanol–water partition coefficient (Wildman–Crippen LogP) is 6.23. The van der Waals surface area contributed by atoms with Gasteiger partial charge in [0, 0.05) is 91.7 Å². The standard InChI is InChI=1S/C63H69N11O8/c1-5-28-68-62(2)26-32-73(33-27-62)42-24-30-74(31-25-42)60-69-51-22-19-40(50-37-71(3)59(78)55-46(50)23-29-65-55)34-49(51)57(70-60)63(82-43-20-21-43,41-13-7-6-8-14-41)38-80-39-67-54(76)36-66-58(77)52(35-53(64)75)72(4)61(79)81-56-47-17-11-9-15-44(47)45-16-10-12-18-48(45)56/h1,6-19,22-23,29,34,37,42-43,52,56,65,68H,20-21,24-28,30-33,35-36,38-39H2,2-4H3,(H2,64,75)(H,66,77)(H,67,76)/t52-,63-/m0/s1. The molecule has 19 nitrogen and oxygen atoms in total. The summed E-state index contributed by atoms with van der Waals surface area (Å²) in [5, 5.41) is 10.4. The minimum atomic E-state index is -1.39. The summed E-state index contributed by atoms with van der Waals surface area (Å²) in [6.07, 6.45) is 12.5. The lowest BCUT2D eigenvalue weighted by Gasteiger charge is -2.45. The number of amides is 4. The lowest BCUT2D eigenvalue weighted by molar-refractivity contribution is -0.132. The molecule has 2 aliphatic carbocycles. The molecule has 6 N–H and O–H groups in total. The number of likely N-dealkylation sites (N-methyl/N-ethyl adjacent to an activating group) is 1. The van der Waals surface area contributed by atoms with E-state index < -0.39 is 54.5 Å². The number of ether oxygens (including phenoxy) is 3. The van der Waals surface area contributed by atoms with Crippen molar-refractivity contribution >= 4 is 51.6 Å². The summed E-state index contributed by atoms with van der Waals surface area (Å²) in [7, 11) is 3.09. The van der Waals surface area contributed by atoms with Crippen LogP contribution in [0.25, 0.3) is 44.1 Å². The number of rotatable bonds is 20. The molecule has 4 amide bonds. The van der Waals surface area contributed by atoms with E-state index in [-0.39, 0.29) is 30.5 Å². The maximum Gasteiger partial charge on any atom is 0.411 e. The van der Waals surface area contributed by atoms with E-state index in [2.05, 4.69) is 49.6 Å². The molecule has 7 aromatic rings. The van der Waals surface area contributed by atoms with Gasteiger partial charge in [-0.3, -0.25) is 24.1 Å². The van der Waals surface area contributed by atoms with E-state index in [0.29, 0.717) is 35.3 Å². The second kappa shape index (κ2) is 23.6. The summed E-state index contributed by atoms with van der Waals surface area (Å²) >= 11 is 0. The molecule has 82 heavy (non-hydrogen) atoms. The van der Waals surface area contributed by atoms with E-state index in [0.717, 1.165) is 119 Å². The SMILES string of the molecule is C#CCNC1(C)CCN(C2CCN(c3nc([C@@](COCNC(=O)CNC(=O)[C@H](CC(N)=O)N(C)C(=O)OC4c5ccccc5-c5ccccc54)(OC4CC4)c4ccccc4)c4cc(-c5cn(C)c(=O)c6[nH]ccc56)ccc4n3)CC2)CC1. The van der Waals surface area contributed by atoms with Crippen molar-refractivity contribution in [2.24, 2.45) is 12.8 Å². The number of H-pyrrole nitrogens is 1. The number of pyridine rings is 1. The van der Waals surface area contributed by atoms with Gasteiger partial charge < -0.3 is 55.2 Å². The highest BCUT2D eigenvalue weighted by Gasteiger charge is 2.45. The highest BCUT2D eigenvalue weighted by molar-refractivity contribution is 5.98. The first-order chi connectivity index (χ1) is 39.7. The van der Waals surface area contributed by atoms with Gasteiger partial charge in [-0.2, -0.15) is 0 Å². The average Bonchev–Trinajstić information content (AvgIpc) is 3.05. The smallest absolute Gasteiger partial charge is 0.411 e. The van der Waals surface area contributed by atoms with Gasteiger partial charge in [0.15, 0.2) is 11.7 Å². The number of aryl methyl sites for hydroxylation is 1. The van der Waals surface area contributed by atoms with E-state index in [1.165, 1.54) is 7.05 Å².